The molecule has 0 aliphatic carbocycles. The number of sulfonamides is 1. The Labute approximate surface area is 260 Å². The summed E-state index contributed by atoms with van der Waals surface area (Å²) in [6, 6.07) is 32.4. The molecule has 0 aliphatic rings. The number of ether oxygens (including phenoxy) is 1. The standard InChI is InChI=1S/C35H39N3O5S/c1-4-33(35(40)36-24-27(2)3)37(25-28-14-8-5-9-15-28)34(39)26-38(44(41,42)32-18-12-7-13-19-32)29-20-22-31(23-21-29)43-30-16-10-6-11-17-30/h5-23,27,33H,4,24-26H2,1-3H3,(H,36,40). The topological polar surface area (TPSA) is 96.0 Å². The van der Waals surface area contributed by atoms with E-state index in [1.165, 1.54) is 17.0 Å². The number of nitrogens with zero attached hydrogens (tertiary/aromatic N) is 2. The van der Waals surface area contributed by atoms with E-state index in [1.54, 1.807) is 42.5 Å². The molecule has 1 atom stereocenters. The van der Waals surface area contributed by atoms with Crippen molar-refractivity contribution in [2.45, 2.75) is 44.7 Å². The number of rotatable bonds is 14. The summed E-state index contributed by atoms with van der Waals surface area (Å²) >= 11 is 0. The average molecular weight is 614 g/mol. The molecule has 0 saturated heterocycles. The number of para-hydroxylation sites is 1. The molecule has 1 unspecified atom stereocenters. The van der Waals surface area contributed by atoms with Crippen molar-refractivity contribution < 1.29 is 22.7 Å². The van der Waals surface area contributed by atoms with Gasteiger partial charge in [0.25, 0.3) is 10.0 Å². The number of amides is 2. The van der Waals surface area contributed by atoms with Gasteiger partial charge in [-0.2, -0.15) is 0 Å². The third-order valence-corrected chi connectivity index (χ3v) is 8.77. The van der Waals surface area contributed by atoms with E-state index in [-0.39, 0.29) is 23.3 Å². The Kier molecular flexibility index (Phi) is 11.2. The molecule has 230 valence electrons. The Bertz CT molecular complexity index is 1600. The van der Waals surface area contributed by atoms with Gasteiger partial charge in [-0.15, -0.1) is 0 Å². The van der Waals surface area contributed by atoms with E-state index in [0.717, 1.165) is 9.87 Å². The van der Waals surface area contributed by atoms with Crippen molar-refractivity contribution in [1.82, 2.24) is 10.2 Å². The first-order valence-corrected chi connectivity index (χ1v) is 16.1. The molecular formula is C35H39N3O5S. The molecule has 0 aliphatic heterocycles. The Morgan fingerprint density at radius 2 is 1.32 bits per heavy atom. The highest BCUT2D eigenvalue weighted by molar-refractivity contribution is 7.92. The summed E-state index contributed by atoms with van der Waals surface area (Å²) in [5.74, 6) is 0.619. The number of anilines is 1. The van der Waals surface area contributed by atoms with Gasteiger partial charge < -0.3 is 15.0 Å². The van der Waals surface area contributed by atoms with Crippen molar-refractivity contribution in [3.63, 3.8) is 0 Å². The number of nitrogens with one attached hydrogen (secondary N) is 1. The first kappa shape index (κ1) is 32.3. The van der Waals surface area contributed by atoms with Gasteiger partial charge in [-0.3, -0.25) is 13.9 Å². The summed E-state index contributed by atoms with van der Waals surface area (Å²) in [5, 5.41) is 2.94. The lowest BCUT2D eigenvalue weighted by Gasteiger charge is -2.33. The molecule has 2 amide bonds. The summed E-state index contributed by atoms with van der Waals surface area (Å²) in [7, 11) is -4.16. The zero-order chi connectivity index (χ0) is 31.5. The lowest BCUT2D eigenvalue weighted by atomic mass is 10.1. The third-order valence-electron chi connectivity index (χ3n) is 6.98. The van der Waals surface area contributed by atoms with Gasteiger partial charge in [0.05, 0.1) is 10.6 Å². The molecule has 44 heavy (non-hydrogen) atoms. The van der Waals surface area contributed by atoms with Gasteiger partial charge >= 0.3 is 0 Å². The minimum absolute atomic E-state index is 0.0498. The molecule has 4 rings (SSSR count). The maximum Gasteiger partial charge on any atom is 0.264 e. The minimum atomic E-state index is -4.16. The second kappa shape index (κ2) is 15.2. The zero-order valence-electron chi connectivity index (χ0n) is 25.3. The lowest BCUT2D eigenvalue weighted by molar-refractivity contribution is -0.140. The van der Waals surface area contributed by atoms with Crippen molar-refractivity contribution in [3.8, 4) is 11.5 Å². The van der Waals surface area contributed by atoms with E-state index in [9.17, 15) is 18.0 Å². The predicted octanol–water partition coefficient (Wildman–Crippen LogP) is 6.25. The number of carbonyl (C=O) groups is 2. The molecular weight excluding hydrogens is 574 g/mol. The fourth-order valence-corrected chi connectivity index (χ4v) is 6.11. The van der Waals surface area contributed by atoms with Crippen LogP contribution in [0, 0.1) is 5.92 Å². The van der Waals surface area contributed by atoms with Crippen LogP contribution in [0.2, 0.25) is 0 Å². The molecule has 0 bridgehead atoms. The predicted molar refractivity (Wildman–Crippen MR) is 173 cm³/mol. The molecule has 0 aromatic heterocycles. The molecule has 0 radical (unpaired) electrons. The van der Waals surface area contributed by atoms with Gasteiger partial charge in [0.15, 0.2) is 0 Å². The van der Waals surface area contributed by atoms with Crippen molar-refractivity contribution in [2.75, 3.05) is 17.4 Å². The Morgan fingerprint density at radius 1 is 0.773 bits per heavy atom. The van der Waals surface area contributed by atoms with Crippen molar-refractivity contribution in [1.29, 1.82) is 0 Å². The third kappa shape index (κ3) is 8.48. The highest BCUT2D eigenvalue weighted by Gasteiger charge is 2.33. The summed E-state index contributed by atoms with van der Waals surface area (Å²) in [5.41, 5.74) is 1.12. The van der Waals surface area contributed by atoms with Crippen LogP contribution in [0.5, 0.6) is 11.5 Å². The Morgan fingerprint density at radius 3 is 1.89 bits per heavy atom. The van der Waals surface area contributed by atoms with Gasteiger partial charge in [0.1, 0.15) is 24.1 Å². The van der Waals surface area contributed by atoms with Crippen LogP contribution in [0.4, 0.5) is 5.69 Å². The van der Waals surface area contributed by atoms with E-state index in [2.05, 4.69) is 5.32 Å². The summed E-state index contributed by atoms with van der Waals surface area (Å²) in [6.07, 6.45) is 0.361. The molecule has 4 aromatic carbocycles. The molecule has 4 aromatic rings. The lowest BCUT2D eigenvalue weighted by Crippen LogP contribution is -2.52. The fraction of sp³-hybridized carbons (Fsp3) is 0.257. The maximum atomic E-state index is 14.2. The maximum absolute atomic E-state index is 14.2. The minimum Gasteiger partial charge on any atom is -0.457 e. The van der Waals surface area contributed by atoms with Gasteiger partial charge in [-0.25, -0.2) is 8.42 Å². The monoisotopic (exact) mass is 613 g/mol. The second-order valence-corrected chi connectivity index (χ2v) is 12.7. The molecule has 0 heterocycles. The average Bonchev–Trinajstić information content (AvgIpc) is 3.04. The molecule has 8 nitrogen and oxygen atoms in total. The quantitative estimate of drug-likeness (QED) is 0.181. The number of benzene rings is 4. The second-order valence-electron chi connectivity index (χ2n) is 10.8. The number of hydrogen-bond acceptors (Lipinski definition) is 5. The van der Waals surface area contributed by atoms with Crippen LogP contribution in [-0.2, 0) is 26.2 Å². The Balaban J connectivity index is 1.69. The molecule has 0 fully saturated rings. The summed E-state index contributed by atoms with van der Waals surface area (Å²) in [6.45, 7) is 5.95. The van der Waals surface area contributed by atoms with Crippen LogP contribution < -0.4 is 14.4 Å². The highest BCUT2D eigenvalue weighted by atomic mass is 32.2. The first-order valence-electron chi connectivity index (χ1n) is 14.7. The van der Waals surface area contributed by atoms with Gasteiger partial charge in [0.2, 0.25) is 11.8 Å². The van der Waals surface area contributed by atoms with E-state index >= 15 is 0 Å². The molecule has 0 spiro atoms. The summed E-state index contributed by atoms with van der Waals surface area (Å²) < 4.78 is 35.0. The van der Waals surface area contributed by atoms with Gasteiger partial charge in [-0.1, -0.05) is 87.5 Å². The highest BCUT2D eigenvalue weighted by Crippen LogP contribution is 2.28. The number of hydrogen-bond donors (Lipinski definition) is 1. The molecule has 0 saturated carbocycles. The first-order chi connectivity index (χ1) is 21.2. The van der Waals surface area contributed by atoms with Crippen LogP contribution in [0.25, 0.3) is 0 Å². The van der Waals surface area contributed by atoms with Crippen LogP contribution >= 0.6 is 0 Å². The van der Waals surface area contributed by atoms with Crippen molar-refractivity contribution in [3.05, 3.63) is 121 Å². The van der Waals surface area contributed by atoms with Gasteiger partial charge in [-0.05, 0) is 66.4 Å². The van der Waals surface area contributed by atoms with Gasteiger partial charge in [0, 0.05) is 13.1 Å². The van der Waals surface area contributed by atoms with Crippen LogP contribution in [0.3, 0.4) is 0 Å². The van der Waals surface area contributed by atoms with E-state index in [4.69, 9.17) is 4.74 Å². The molecule has 1 N–H and O–H groups in total. The van der Waals surface area contributed by atoms with E-state index in [0.29, 0.717) is 30.2 Å². The normalized spacial score (nSPS) is 11.9. The van der Waals surface area contributed by atoms with E-state index in [1.807, 2.05) is 81.4 Å². The van der Waals surface area contributed by atoms with Crippen LogP contribution in [-0.4, -0.2) is 44.3 Å². The Hall–Kier alpha value is -4.63. The van der Waals surface area contributed by atoms with Crippen LogP contribution in [0.1, 0.15) is 32.8 Å². The summed E-state index contributed by atoms with van der Waals surface area (Å²) in [4.78, 5) is 29.0. The smallest absolute Gasteiger partial charge is 0.264 e. The zero-order valence-corrected chi connectivity index (χ0v) is 26.1. The van der Waals surface area contributed by atoms with Crippen LogP contribution in [0.15, 0.2) is 120 Å². The largest absolute Gasteiger partial charge is 0.457 e. The SMILES string of the molecule is CCC(C(=O)NCC(C)C)N(Cc1ccccc1)C(=O)CN(c1ccc(Oc2ccccc2)cc1)S(=O)(=O)c1ccccc1. The van der Waals surface area contributed by atoms with Crippen molar-refractivity contribution in [2.24, 2.45) is 5.92 Å². The fourth-order valence-electron chi connectivity index (χ4n) is 4.68. The van der Waals surface area contributed by atoms with Crippen molar-refractivity contribution >= 4 is 27.5 Å². The van der Waals surface area contributed by atoms with E-state index < -0.39 is 28.5 Å². The number of carbonyl (C=O) groups excluding carboxylic acids is 2. The molecule has 9 heteroatoms.